The van der Waals surface area contributed by atoms with Crippen LogP contribution in [0.5, 0.6) is 5.75 Å². The minimum absolute atomic E-state index is 0.00826. The smallest absolute Gasteiger partial charge is 0.260 e. The number of nitrogens with one attached hydrogen (secondary N) is 2. The molecule has 2 aromatic carbocycles. The van der Waals surface area contributed by atoms with E-state index in [1.54, 1.807) is 6.20 Å². The van der Waals surface area contributed by atoms with Crippen LogP contribution in [0.1, 0.15) is 38.1 Å². The lowest BCUT2D eigenvalue weighted by Crippen LogP contribution is -2.26. The largest absolute Gasteiger partial charge is 0.489 e. The van der Waals surface area contributed by atoms with E-state index in [1.165, 1.54) is 0 Å². The Morgan fingerprint density at radius 1 is 0.902 bits per heavy atom. The number of pyridine rings is 2. The summed E-state index contributed by atoms with van der Waals surface area (Å²) in [7, 11) is 0. The second-order valence-electron chi connectivity index (χ2n) is 10.8. The van der Waals surface area contributed by atoms with Crippen molar-refractivity contribution in [1.29, 1.82) is 0 Å². The van der Waals surface area contributed by atoms with Crippen LogP contribution in [-0.2, 0) is 0 Å². The molecule has 2 N–H and O–H groups in total. The zero-order chi connectivity index (χ0) is 27.6. The van der Waals surface area contributed by atoms with Crippen molar-refractivity contribution >= 4 is 22.7 Å². The molecule has 8 nitrogen and oxygen atoms in total. The van der Waals surface area contributed by atoms with Gasteiger partial charge >= 0.3 is 0 Å². The number of rotatable bonds is 7. The fourth-order valence-electron chi connectivity index (χ4n) is 5.93. The summed E-state index contributed by atoms with van der Waals surface area (Å²) in [6.07, 6.45) is 10.8. The Hall–Kier alpha value is -4.56. The number of benzene rings is 2. The van der Waals surface area contributed by atoms with E-state index in [-0.39, 0.29) is 17.7 Å². The number of fused-ring (bicyclic) bond motifs is 1. The Morgan fingerprint density at radius 2 is 1.71 bits per heavy atom. The van der Waals surface area contributed by atoms with Gasteiger partial charge in [-0.05, 0) is 78.9 Å². The maximum Gasteiger partial charge on any atom is 0.260 e. The van der Waals surface area contributed by atoms with Gasteiger partial charge in [0.05, 0.1) is 0 Å². The van der Waals surface area contributed by atoms with Crippen LogP contribution in [-0.4, -0.2) is 38.7 Å². The molecule has 1 aliphatic carbocycles. The fourth-order valence-corrected chi connectivity index (χ4v) is 5.93. The molecule has 1 atom stereocenters. The minimum atomic E-state index is -0.00826. The van der Waals surface area contributed by atoms with Crippen molar-refractivity contribution < 1.29 is 4.74 Å². The summed E-state index contributed by atoms with van der Waals surface area (Å²) in [5, 5.41) is 7.48. The monoisotopic (exact) mass is 544 g/mol. The van der Waals surface area contributed by atoms with Gasteiger partial charge in [0.2, 0.25) is 5.95 Å². The quantitative estimate of drug-likeness (QED) is 0.255. The number of aromatic nitrogens is 4. The predicted octanol–water partition coefficient (Wildman–Crippen LogP) is 6.12. The van der Waals surface area contributed by atoms with Gasteiger partial charge in [0.25, 0.3) is 5.56 Å². The average Bonchev–Trinajstić information content (AvgIpc) is 3.74. The molecular formula is C33H32N6O2. The van der Waals surface area contributed by atoms with E-state index in [0.29, 0.717) is 17.2 Å². The first-order chi connectivity index (χ1) is 20.2. The molecular weight excluding hydrogens is 512 g/mol. The molecule has 206 valence electrons. The lowest BCUT2D eigenvalue weighted by molar-refractivity contribution is 0.223. The Balaban J connectivity index is 1.21. The molecule has 41 heavy (non-hydrogen) atoms. The highest BCUT2D eigenvalue weighted by atomic mass is 16.5. The van der Waals surface area contributed by atoms with Crippen LogP contribution >= 0.6 is 0 Å². The second kappa shape index (κ2) is 11.1. The minimum Gasteiger partial charge on any atom is -0.489 e. The van der Waals surface area contributed by atoms with Gasteiger partial charge < -0.3 is 15.4 Å². The lowest BCUT2D eigenvalue weighted by atomic mass is 10.0. The van der Waals surface area contributed by atoms with Crippen LogP contribution in [0.15, 0.2) is 90.1 Å². The number of anilines is 2. The van der Waals surface area contributed by atoms with Crippen molar-refractivity contribution in [3.8, 4) is 28.0 Å². The third-order valence-electron chi connectivity index (χ3n) is 8.08. The Labute approximate surface area is 238 Å². The summed E-state index contributed by atoms with van der Waals surface area (Å²) >= 11 is 0. The van der Waals surface area contributed by atoms with E-state index in [9.17, 15) is 4.79 Å². The van der Waals surface area contributed by atoms with Crippen LogP contribution in [0.4, 0.5) is 11.6 Å². The maximum atomic E-state index is 14.0. The van der Waals surface area contributed by atoms with Crippen LogP contribution in [0, 0.1) is 0 Å². The summed E-state index contributed by atoms with van der Waals surface area (Å²) in [5.41, 5.74) is 5.18. The van der Waals surface area contributed by atoms with Crippen molar-refractivity contribution in [3.05, 3.63) is 95.7 Å². The first-order valence-corrected chi connectivity index (χ1v) is 14.4. The first-order valence-electron chi connectivity index (χ1n) is 14.4. The molecule has 1 saturated heterocycles. The maximum absolute atomic E-state index is 14.0. The van der Waals surface area contributed by atoms with E-state index in [2.05, 4.69) is 20.6 Å². The van der Waals surface area contributed by atoms with Gasteiger partial charge in [-0.3, -0.25) is 14.3 Å². The summed E-state index contributed by atoms with van der Waals surface area (Å²) in [6.45, 7) is 1.88. The summed E-state index contributed by atoms with van der Waals surface area (Å²) in [4.78, 5) is 27.7. The molecule has 0 bridgehead atoms. The standard InChI is InChI=1S/C33H32N6O2/c40-32-30(23-9-7-22(8-10-23)24-4-3-16-34-19-24)18-25-20-36-33(38-31(25)39(32)27-5-1-2-6-27)37-26-11-13-28(14-12-26)41-29-15-17-35-21-29/h3-4,7-14,16,18-20,27,29,35H,1-2,5-6,15,17,21H2,(H,36,37,38). The van der Waals surface area contributed by atoms with Gasteiger partial charge in [-0.2, -0.15) is 4.98 Å². The average molecular weight is 545 g/mol. The topological polar surface area (TPSA) is 94.0 Å². The predicted molar refractivity (Wildman–Crippen MR) is 162 cm³/mol. The van der Waals surface area contributed by atoms with Gasteiger partial charge in [-0.1, -0.05) is 43.2 Å². The van der Waals surface area contributed by atoms with Crippen molar-refractivity contribution in [3.63, 3.8) is 0 Å². The van der Waals surface area contributed by atoms with E-state index in [1.807, 2.05) is 83.7 Å². The normalized spacial score (nSPS) is 17.2. The zero-order valence-corrected chi connectivity index (χ0v) is 22.8. The highest BCUT2D eigenvalue weighted by Crippen LogP contribution is 2.33. The van der Waals surface area contributed by atoms with E-state index in [0.717, 1.165) is 78.7 Å². The summed E-state index contributed by atoms with van der Waals surface area (Å²) < 4.78 is 7.95. The lowest BCUT2D eigenvalue weighted by Gasteiger charge is -2.18. The van der Waals surface area contributed by atoms with Crippen LogP contribution in [0.3, 0.4) is 0 Å². The Bertz CT molecular complexity index is 1710. The second-order valence-corrected chi connectivity index (χ2v) is 10.8. The van der Waals surface area contributed by atoms with Crippen molar-refractivity contribution in [2.45, 2.75) is 44.2 Å². The summed E-state index contributed by atoms with van der Waals surface area (Å²) in [5.74, 6) is 1.31. The summed E-state index contributed by atoms with van der Waals surface area (Å²) in [6, 6.07) is 22.0. The SMILES string of the molecule is O=c1c(-c2ccc(-c3cccnc3)cc2)cc2cnc(Nc3ccc(OC4CCNC4)cc3)nc2n1C1CCCC1. The van der Waals surface area contributed by atoms with Gasteiger partial charge in [-0.25, -0.2) is 4.98 Å². The van der Waals surface area contributed by atoms with Crippen molar-refractivity contribution in [2.75, 3.05) is 18.4 Å². The van der Waals surface area contributed by atoms with Crippen LogP contribution < -0.4 is 20.9 Å². The third kappa shape index (κ3) is 5.30. The Morgan fingerprint density at radius 3 is 2.44 bits per heavy atom. The Kier molecular flexibility index (Phi) is 6.90. The molecule has 7 rings (SSSR count). The molecule has 8 heteroatoms. The number of hydrogen-bond donors (Lipinski definition) is 2. The molecule has 2 fully saturated rings. The highest BCUT2D eigenvalue weighted by Gasteiger charge is 2.23. The molecule has 5 aromatic rings. The van der Waals surface area contributed by atoms with Gasteiger partial charge in [0.1, 0.15) is 17.5 Å². The molecule has 4 heterocycles. The molecule has 3 aromatic heterocycles. The molecule has 1 saturated carbocycles. The van der Waals surface area contributed by atoms with Crippen molar-refractivity contribution in [1.82, 2.24) is 24.8 Å². The number of ether oxygens (including phenoxy) is 1. The van der Waals surface area contributed by atoms with Crippen molar-refractivity contribution in [2.24, 2.45) is 0 Å². The van der Waals surface area contributed by atoms with Gasteiger partial charge in [0, 0.05) is 47.8 Å². The zero-order valence-electron chi connectivity index (χ0n) is 22.8. The first kappa shape index (κ1) is 25.4. The fraction of sp³-hybridized carbons (Fsp3) is 0.273. The van der Waals surface area contributed by atoms with E-state index >= 15 is 0 Å². The van der Waals surface area contributed by atoms with Crippen LogP contribution in [0.25, 0.3) is 33.3 Å². The molecule has 0 radical (unpaired) electrons. The molecule has 0 amide bonds. The molecule has 2 aliphatic rings. The number of hydrogen-bond acceptors (Lipinski definition) is 7. The van der Waals surface area contributed by atoms with Gasteiger partial charge in [-0.15, -0.1) is 0 Å². The number of nitrogens with zero attached hydrogens (tertiary/aromatic N) is 4. The molecule has 0 spiro atoms. The highest BCUT2D eigenvalue weighted by molar-refractivity contribution is 5.82. The van der Waals surface area contributed by atoms with Crippen LogP contribution in [0.2, 0.25) is 0 Å². The molecule has 1 aliphatic heterocycles. The third-order valence-corrected chi connectivity index (χ3v) is 8.08. The van der Waals surface area contributed by atoms with E-state index < -0.39 is 0 Å². The molecule has 1 unspecified atom stereocenters. The van der Waals surface area contributed by atoms with Gasteiger partial charge in [0.15, 0.2) is 0 Å². The van der Waals surface area contributed by atoms with E-state index in [4.69, 9.17) is 9.72 Å².